The average molecular weight is 461 g/mol. The Kier molecular flexibility index (Phi) is 5.06. The lowest BCUT2D eigenvalue weighted by atomic mass is 9.98. The molecule has 1 aromatic carbocycles. The second kappa shape index (κ2) is 7.82. The summed E-state index contributed by atoms with van der Waals surface area (Å²) >= 11 is 0. The lowest BCUT2D eigenvalue weighted by Crippen LogP contribution is -2.51. The number of likely N-dealkylation sites (tertiary alicyclic amines) is 1. The first kappa shape index (κ1) is 21.4. The summed E-state index contributed by atoms with van der Waals surface area (Å²) in [5.41, 5.74) is -0.911. The zero-order valence-electron chi connectivity index (χ0n) is 17.4. The largest absolute Gasteiger partial charge is 0.487 e. The van der Waals surface area contributed by atoms with E-state index in [0.717, 1.165) is 17.1 Å². The van der Waals surface area contributed by atoms with E-state index >= 15 is 0 Å². The Morgan fingerprint density at radius 1 is 1.12 bits per heavy atom. The highest BCUT2D eigenvalue weighted by atomic mass is 19.4. The number of alkyl halides is 3. The summed E-state index contributed by atoms with van der Waals surface area (Å²) < 4.78 is 58.9. The summed E-state index contributed by atoms with van der Waals surface area (Å²) in [6.45, 7) is 1.93. The highest BCUT2D eigenvalue weighted by Crippen LogP contribution is 2.45. The number of pyridine rings is 1. The molecule has 3 heterocycles. The van der Waals surface area contributed by atoms with Gasteiger partial charge in [0.2, 0.25) is 0 Å². The van der Waals surface area contributed by atoms with Crippen LogP contribution in [-0.4, -0.2) is 49.0 Å². The van der Waals surface area contributed by atoms with E-state index in [1.165, 1.54) is 36.7 Å². The van der Waals surface area contributed by atoms with Crippen LogP contribution in [-0.2, 0) is 6.18 Å². The summed E-state index contributed by atoms with van der Waals surface area (Å²) in [7, 11) is 0. The Balaban J connectivity index is 1.40. The first-order valence-corrected chi connectivity index (χ1v) is 10.4. The number of ether oxygens (including phenoxy) is 1. The number of rotatable bonds is 4. The van der Waals surface area contributed by atoms with Crippen LogP contribution in [0.3, 0.4) is 0 Å². The zero-order chi connectivity index (χ0) is 23.3. The first-order valence-electron chi connectivity index (χ1n) is 10.4. The minimum absolute atomic E-state index is 0.0353. The summed E-state index contributed by atoms with van der Waals surface area (Å²) in [5, 5.41) is 7.92. The molecule has 5 rings (SSSR count). The van der Waals surface area contributed by atoms with Gasteiger partial charge in [0.25, 0.3) is 5.91 Å². The third-order valence-corrected chi connectivity index (χ3v) is 6.37. The Morgan fingerprint density at radius 3 is 2.52 bits per heavy atom. The molecule has 172 valence electrons. The predicted molar refractivity (Wildman–Crippen MR) is 107 cm³/mol. The van der Waals surface area contributed by atoms with Crippen molar-refractivity contribution in [1.82, 2.24) is 24.9 Å². The van der Waals surface area contributed by atoms with Gasteiger partial charge in [0.1, 0.15) is 23.2 Å². The van der Waals surface area contributed by atoms with E-state index in [-0.39, 0.29) is 40.9 Å². The Bertz CT molecular complexity index is 1170. The number of aromatic nitrogens is 4. The lowest BCUT2D eigenvalue weighted by molar-refractivity contribution is -0.141. The second-order valence-corrected chi connectivity index (χ2v) is 8.24. The van der Waals surface area contributed by atoms with Crippen molar-refractivity contribution >= 4 is 5.91 Å². The molecule has 7 nitrogen and oxygen atoms in total. The van der Waals surface area contributed by atoms with Gasteiger partial charge in [0.15, 0.2) is 5.82 Å². The van der Waals surface area contributed by atoms with Gasteiger partial charge in [0, 0.05) is 6.04 Å². The number of hydrogen-bond donors (Lipinski definition) is 0. The van der Waals surface area contributed by atoms with Crippen LogP contribution >= 0.6 is 0 Å². The van der Waals surface area contributed by atoms with Crippen molar-refractivity contribution in [3.8, 4) is 11.4 Å². The van der Waals surface area contributed by atoms with Crippen molar-refractivity contribution in [3.05, 3.63) is 66.0 Å². The predicted octanol–water partition coefficient (Wildman–Crippen LogP) is 3.89. The molecule has 1 saturated heterocycles. The van der Waals surface area contributed by atoms with Crippen molar-refractivity contribution in [2.45, 2.75) is 44.1 Å². The van der Waals surface area contributed by atoms with Gasteiger partial charge >= 0.3 is 6.18 Å². The van der Waals surface area contributed by atoms with Crippen LogP contribution in [0.1, 0.15) is 35.8 Å². The molecule has 0 N–H and O–H groups in total. The quantitative estimate of drug-likeness (QED) is 0.552. The number of amides is 1. The molecule has 1 aliphatic heterocycles. The normalized spacial score (nSPS) is 24.3. The molecule has 1 amide bonds. The van der Waals surface area contributed by atoms with E-state index in [4.69, 9.17) is 4.74 Å². The van der Waals surface area contributed by atoms with Gasteiger partial charge in [0.05, 0.1) is 30.2 Å². The third-order valence-electron chi connectivity index (χ3n) is 6.37. The van der Waals surface area contributed by atoms with Crippen LogP contribution in [0.25, 0.3) is 5.69 Å². The molecule has 2 aromatic heterocycles. The number of benzene rings is 1. The number of hydrogen-bond acceptors (Lipinski definition) is 5. The first-order chi connectivity index (χ1) is 15.7. The van der Waals surface area contributed by atoms with Crippen LogP contribution in [0.5, 0.6) is 5.75 Å². The molecule has 33 heavy (non-hydrogen) atoms. The smallest absolute Gasteiger partial charge is 0.433 e. The van der Waals surface area contributed by atoms with Crippen molar-refractivity contribution in [1.29, 1.82) is 0 Å². The number of carbonyl (C=O) groups is 1. The minimum atomic E-state index is -4.53. The standard InChI is InChI=1S/C22H19F4N5O2/c1-12-13-9-17(18(10-13)33-14-5-6-19(27-11-14)22(24,25)26)30(12)21(32)15-3-2-4-16(23)20(15)31-28-7-8-29-31/h2-8,11-13,17-18H,9-10H2,1H3/t12?,13?,17?,18-/m0/s1. The third kappa shape index (κ3) is 3.70. The highest BCUT2D eigenvalue weighted by Gasteiger charge is 2.53. The Labute approximate surface area is 186 Å². The average Bonchev–Trinajstić information content (AvgIpc) is 3.50. The van der Waals surface area contributed by atoms with Crippen LogP contribution < -0.4 is 4.74 Å². The van der Waals surface area contributed by atoms with Gasteiger partial charge < -0.3 is 9.64 Å². The van der Waals surface area contributed by atoms with E-state index < -0.39 is 23.8 Å². The van der Waals surface area contributed by atoms with Crippen molar-refractivity contribution in [2.75, 3.05) is 0 Å². The van der Waals surface area contributed by atoms with Gasteiger partial charge in [-0.1, -0.05) is 6.07 Å². The lowest BCUT2D eigenvalue weighted by Gasteiger charge is -2.38. The zero-order valence-corrected chi connectivity index (χ0v) is 17.4. The maximum atomic E-state index is 14.6. The van der Waals surface area contributed by atoms with Gasteiger partial charge in [-0.2, -0.15) is 23.4 Å². The molecule has 11 heteroatoms. The van der Waals surface area contributed by atoms with Crippen molar-refractivity contribution in [2.24, 2.45) is 5.92 Å². The maximum absolute atomic E-state index is 14.6. The highest BCUT2D eigenvalue weighted by molar-refractivity contribution is 5.98. The number of halogens is 4. The molecular formula is C22H19F4N5O2. The summed E-state index contributed by atoms with van der Waals surface area (Å²) in [5.74, 6) is -0.641. The van der Waals surface area contributed by atoms with E-state index in [1.807, 2.05) is 6.92 Å². The van der Waals surface area contributed by atoms with Crippen molar-refractivity contribution < 1.29 is 27.1 Å². The number of nitrogens with zero attached hydrogens (tertiary/aromatic N) is 5. The van der Waals surface area contributed by atoms with Crippen LogP contribution in [0.15, 0.2) is 48.9 Å². The number of piperidine rings is 1. The van der Waals surface area contributed by atoms with E-state index in [0.29, 0.717) is 12.8 Å². The molecule has 1 saturated carbocycles. The Hall–Kier alpha value is -3.50. The van der Waals surface area contributed by atoms with E-state index in [9.17, 15) is 22.4 Å². The van der Waals surface area contributed by atoms with E-state index in [1.54, 1.807) is 4.90 Å². The molecule has 0 spiro atoms. The SMILES string of the molecule is CC1C2CC([C@@H](Oc3ccc(C(F)(F)F)nc3)C2)N1C(=O)c1cccc(F)c1-n1nccn1. The molecule has 3 unspecified atom stereocenters. The fourth-order valence-electron chi connectivity index (χ4n) is 4.85. The molecule has 2 bridgehead atoms. The van der Waals surface area contributed by atoms with Crippen molar-refractivity contribution in [3.63, 3.8) is 0 Å². The minimum Gasteiger partial charge on any atom is -0.487 e. The molecule has 2 fully saturated rings. The number of carbonyl (C=O) groups excluding carboxylic acids is 1. The van der Waals surface area contributed by atoms with Gasteiger partial charge in [-0.05, 0) is 49.9 Å². The molecule has 1 aliphatic carbocycles. The summed E-state index contributed by atoms with van der Waals surface area (Å²) in [6.07, 6.45) is 0.234. The van der Waals surface area contributed by atoms with E-state index in [2.05, 4.69) is 15.2 Å². The van der Waals surface area contributed by atoms with Gasteiger partial charge in [-0.3, -0.25) is 4.79 Å². The fourth-order valence-corrected chi connectivity index (χ4v) is 4.85. The number of fused-ring (bicyclic) bond motifs is 2. The topological polar surface area (TPSA) is 73.1 Å². The van der Waals surface area contributed by atoms with Gasteiger partial charge in [-0.25, -0.2) is 9.37 Å². The summed E-state index contributed by atoms with van der Waals surface area (Å²) in [6, 6.07) is 5.90. The number of para-hydroxylation sites is 1. The summed E-state index contributed by atoms with van der Waals surface area (Å²) in [4.78, 5) is 19.7. The maximum Gasteiger partial charge on any atom is 0.433 e. The molecule has 3 aromatic rings. The fraction of sp³-hybridized carbons (Fsp3) is 0.364. The molecule has 0 radical (unpaired) electrons. The monoisotopic (exact) mass is 461 g/mol. The van der Waals surface area contributed by atoms with Crippen LogP contribution in [0, 0.1) is 11.7 Å². The molecular weight excluding hydrogens is 442 g/mol. The molecule has 4 atom stereocenters. The Morgan fingerprint density at radius 2 is 1.88 bits per heavy atom. The second-order valence-electron chi connectivity index (χ2n) is 8.24. The van der Waals surface area contributed by atoms with Gasteiger partial charge in [-0.15, -0.1) is 4.80 Å². The van der Waals surface area contributed by atoms with Crippen LogP contribution in [0.4, 0.5) is 17.6 Å². The molecule has 2 aliphatic rings. The van der Waals surface area contributed by atoms with Crippen LogP contribution in [0.2, 0.25) is 0 Å².